The summed E-state index contributed by atoms with van der Waals surface area (Å²) in [4.78, 5) is 15.0. The van der Waals surface area contributed by atoms with Gasteiger partial charge >= 0.3 is 0 Å². The van der Waals surface area contributed by atoms with Gasteiger partial charge in [0, 0.05) is 12.6 Å². The Hall–Kier alpha value is -3.51. The molecule has 0 spiro atoms. The second-order valence-corrected chi connectivity index (χ2v) is 8.48. The smallest absolute Gasteiger partial charge is 0.239 e. The molecule has 3 aromatic rings. The van der Waals surface area contributed by atoms with Gasteiger partial charge in [0.25, 0.3) is 0 Å². The van der Waals surface area contributed by atoms with Gasteiger partial charge in [0.1, 0.15) is 11.8 Å². The number of nitrogens with two attached hydrogens (primary N) is 1. The number of para-hydroxylation sites is 1. The summed E-state index contributed by atoms with van der Waals surface area (Å²) in [5.41, 5.74) is 10.4. The molecule has 1 aliphatic rings. The first-order chi connectivity index (χ1) is 16.6. The summed E-state index contributed by atoms with van der Waals surface area (Å²) in [6, 6.07) is 21.4. The second kappa shape index (κ2) is 10.6. The van der Waals surface area contributed by atoms with E-state index in [9.17, 15) is 4.79 Å². The number of ether oxygens (including phenoxy) is 3. The molecule has 0 saturated heterocycles. The third-order valence-corrected chi connectivity index (χ3v) is 6.64. The van der Waals surface area contributed by atoms with Crippen molar-refractivity contribution in [1.29, 1.82) is 0 Å². The van der Waals surface area contributed by atoms with Crippen LogP contribution < -0.4 is 19.9 Å². The van der Waals surface area contributed by atoms with Gasteiger partial charge in [-0.25, -0.2) is 0 Å². The minimum Gasteiger partial charge on any atom is -0.496 e. The van der Waals surface area contributed by atoms with Crippen molar-refractivity contribution in [2.75, 3.05) is 27.9 Å². The number of aryl methyl sites for hydroxylation is 1. The van der Waals surface area contributed by atoms with E-state index < -0.39 is 6.04 Å². The maximum absolute atomic E-state index is 12.8. The van der Waals surface area contributed by atoms with Crippen LogP contribution in [0.4, 0.5) is 0 Å². The third kappa shape index (κ3) is 4.73. The van der Waals surface area contributed by atoms with E-state index >= 15 is 0 Å². The Labute approximate surface area is 201 Å². The normalized spacial score (nSPS) is 16.4. The van der Waals surface area contributed by atoms with Gasteiger partial charge in [-0.05, 0) is 59.7 Å². The molecule has 6 nitrogen and oxygen atoms in total. The lowest BCUT2D eigenvalue weighted by molar-refractivity contribution is -0.124. The number of fused-ring (bicyclic) bond motifs is 1. The zero-order chi connectivity index (χ0) is 24.1. The highest BCUT2D eigenvalue weighted by molar-refractivity contribution is 5.81. The number of amides is 1. The average molecular weight is 461 g/mol. The summed E-state index contributed by atoms with van der Waals surface area (Å²) in [6.07, 6.45) is 2.37. The van der Waals surface area contributed by atoms with Gasteiger partial charge in [-0.3, -0.25) is 9.69 Å². The molecule has 3 aromatic carbocycles. The molecule has 2 unspecified atom stereocenters. The second-order valence-electron chi connectivity index (χ2n) is 8.48. The molecule has 0 fully saturated rings. The zero-order valence-electron chi connectivity index (χ0n) is 20.0. The Morgan fingerprint density at radius 3 is 2.26 bits per heavy atom. The minimum absolute atomic E-state index is 0.0359. The topological polar surface area (TPSA) is 74.0 Å². The first-order valence-electron chi connectivity index (χ1n) is 11.5. The molecule has 4 rings (SSSR count). The van der Waals surface area contributed by atoms with Gasteiger partial charge in [0.05, 0.1) is 21.3 Å². The summed E-state index contributed by atoms with van der Waals surface area (Å²) in [6.45, 7) is 0.710. The van der Waals surface area contributed by atoms with Crippen LogP contribution in [0.3, 0.4) is 0 Å². The largest absolute Gasteiger partial charge is 0.496 e. The van der Waals surface area contributed by atoms with Gasteiger partial charge in [-0.15, -0.1) is 0 Å². The molecule has 2 N–H and O–H groups in total. The van der Waals surface area contributed by atoms with E-state index in [0.29, 0.717) is 18.0 Å². The van der Waals surface area contributed by atoms with Gasteiger partial charge in [0.15, 0.2) is 11.5 Å². The predicted molar refractivity (Wildman–Crippen MR) is 132 cm³/mol. The van der Waals surface area contributed by atoms with Crippen molar-refractivity contribution in [2.24, 2.45) is 5.73 Å². The molecule has 0 aliphatic carbocycles. The van der Waals surface area contributed by atoms with Crippen molar-refractivity contribution in [1.82, 2.24) is 4.90 Å². The van der Waals surface area contributed by atoms with Crippen molar-refractivity contribution < 1.29 is 19.0 Å². The number of carbonyl (C=O) groups is 1. The monoisotopic (exact) mass is 460 g/mol. The number of methoxy groups -OCH3 is 3. The fourth-order valence-electron chi connectivity index (χ4n) is 5.03. The van der Waals surface area contributed by atoms with E-state index in [2.05, 4.69) is 23.1 Å². The van der Waals surface area contributed by atoms with Crippen LogP contribution in [-0.2, 0) is 17.6 Å². The quantitative estimate of drug-likeness (QED) is 0.510. The number of carbonyl (C=O) groups excluding carboxylic acids is 1. The lowest BCUT2D eigenvalue weighted by atomic mass is 9.86. The number of benzene rings is 3. The van der Waals surface area contributed by atoms with E-state index in [1.54, 1.807) is 21.3 Å². The SMILES string of the molecule is COc1ccccc1CCC1c2cc(OC)c(OC)cc2CCN1C(C(N)=O)c1ccccc1. The van der Waals surface area contributed by atoms with Crippen LogP contribution in [0.15, 0.2) is 66.7 Å². The van der Waals surface area contributed by atoms with Gasteiger partial charge < -0.3 is 19.9 Å². The maximum atomic E-state index is 12.8. The predicted octanol–water partition coefficient (Wildman–Crippen LogP) is 4.47. The van der Waals surface area contributed by atoms with E-state index in [1.165, 1.54) is 5.56 Å². The van der Waals surface area contributed by atoms with Crippen molar-refractivity contribution in [3.05, 3.63) is 89.0 Å². The van der Waals surface area contributed by atoms with Crippen molar-refractivity contribution in [3.8, 4) is 17.2 Å². The van der Waals surface area contributed by atoms with Crippen LogP contribution >= 0.6 is 0 Å². The van der Waals surface area contributed by atoms with Crippen LogP contribution in [0.2, 0.25) is 0 Å². The Morgan fingerprint density at radius 1 is 0.941 bits per heavy atom. The standard InChI is InChI=1S/C28H32N2O4/c1-32-24-12-8-7-9-19(24)13-14-23-22-18-26(34-3)25(33-2)17-21(22)15-16-30(23)27(28(29)31)20-10-5-4-6-11-20/h4-12,17-18,23,27H,13-16H2,1-3H3,(H2,29,31). The molecule has 2 atom stereocenters. The van der Waals surface area contributed by atoms with Crippen molar-refractivity contribution in [2.45, 2.75) is 31.3 Å². The molecular weight excluding hydrogens is 428 g/mol. The molecule has 0 radical (unpaired) electrons. The summed E-state index contributed by atoms with van der Waals surface area (Å²) in [5.74, 6) is 1.91. The number of hydrogen-bond acceptors (Lipinski definition) is 5. The van der Waals surface area contributed by atoms with Crippen molar-refractivity contribution >= 4 is 5.91 Å². The molecule has 178 valence electrons. The average Bonchev–Trinajstić information content (AvgIpc) is 2.87. The van der Waals surface area contributed by atoms with Crippen LogP contribution in [0.1, 0.15) is 40.8 Å². The Balaban J connectivity index is 1.77. The van der Waals surface area contributed by atoms with Gasteiger partial charge in [-0.2, -0.15) is 0 Å². The van der Waals surface area contributed by atoms with E-state index in [0.717, 1.165) is 41.7 Å². The highest BCUT2D eigenvalue weighted by Crippen LogP contribution is 2.43. The number of primary amides is 1. The molecule has 1 heterocycles. The summed E-state index contributed by atoms with van der Waals surface area (Å²) >= 11 is 0. The van der Waals surface area contributed by atoms with Crippen LogP contribution in [0.5, 0.6) is 17.2 Å². The van der Waals surface area contributed by atoms with E-state index in [4.69, 9.17) is 19.9 Å². The van der Waals surface area contributed by atoms with Crippen LogP contribution in [0.25, 0.3) is 0 Å². The molecule has 6 heteroatoms. The number of rotatable bonds is 9. The van der Waals surface area contributed by atoms with Crippen molar-refractivity contribution in [3.63, 3.8) is 0 Å². The summed E-state index contributed by atoms with van der Waals surface area (Å²) < 4.78 is 16.8. The van der Waals surface area contributed by atoms with Crippen LogP contribution in [-0.4, -0.2) is 38.7 Å². The molecule has 0 saturated carbocycles. The van der Waals surface area contributed by atoms with Crippen LogP contribution in [0, 0.1) is 0 Å². The fraction of sp³-hybridized carbons (Fsp3) is 0.321. The fourth-order valence-corrected chi connectivity index (χ4v) is 5.03. The molecular formula is C28H32N2O4. The Bertz CT molecular complexity index is 1130. The Morgan fingerprint density at radius 2 is 1.59 bits per heavy atom. The first-order valence-corrected chi connectivity index (χ1v) is 11.5. The highest BCUT2D eigenvalue weighted by atomic mass is 16.5. The molecule has 34 heavy (non-hydrogen) atoms. The number of hydrogen-bond donors (Lipinski definition) is 1. The van der Waals surface area contributed by atoms with E-state index in [1.807, 2.05) is 48.5 Å². The third-order valence-electron chi connectivity index (χ3n) is 6.64. The zero-order valence-corrected chi connectivity index (χ0v) is 20.0. The molecule has 1 aliphatic heterocycles. The summed E-state index contributed by atoms with van der Waals surface area (Å²) in [7, 11) is 4.98. The first kappa shape index (κ1) is 23.6. The van der Waals surface area contributed by atoms with Gasteiger partial charge in [-0.1, -0.05) is 48.5 Å². The highest BCUT2D eigenvalue weighted by Gasteiger charge is 2.36. The maximum Gasteiger partial charge on any atom is 0.239 e. The molecule has 1 amide bonds. The lowest BCUT2D eigenvalue weighted by Gasteiger charge is -2.41. The van der Waals surface area contributed by atoms with E-state index in [-0.39, 0.29) is 11.9 Å². The number of nitrogens with zero attached hydrogens (tertiary/aromatic N) is 1. The minimum atomic E-state index is -0.523. The lowest BCUT2D eigenvalue weighted by Crippen LogP contribution is -2.44. The Kier molecular flexibility index (Phi) is 7.38. The summed E-state index contributed by atoms with van der Waals surface area (Å²) in [5, 5.41) is 0. The molecule has 0 bridgehead atoms. The molecule has 0 aromatic heterocycles. The van der Waals surface area contributed by atoms with Gasteiger partial charge in [0.2, 0.25) is 5.91 Å².